The second-order valence-corrected chi connectivity index (χ2v) is 6.69. The summed E-state index contributed by atoms with van der Waals surface area (Å²) in [5.41, 5.74) is 1.14. The van der Waals surface area contributed by atoms with Crippen molar-refractivity contribution in [1.82, 2.24) is 20.1 Å². The third-order valence-electron chi connectivity index (χ3n) is 3.95. The quantitative estimate of drug-likeness (QED) is 0.862. The maximum absolute atomic E-state index is 12.5. The van der Waals surface area contributed by atoms with Gasteiger partial charge in [-0.25, -0.2) is 9.78 Å². The van der Waals surface area contributed by atoms with Crippen LogP contribution in [0.3, 0.4) is 0 Å². The molecule has 1 aliphatic rings. The van der Waals surface area contributed by atoms with E-state index in [0.29, 0.717) is 18.7 Å². The molecule has 7 nitrogen and oxygen atoms in total. The maximum atomic E-state index is 12.5. The minimum absolute atomic E-state index is 0.0456. The van der Waals surface area contributed by atoms with Gasteiger partial charge in [-0.2, -0.15) is 5.10 Å². The average Bonchev–Trinajstić information content (AvgIpc) is 3.25. The molecule has 0 spiro atoms. The molecule has 8 heteroatoms. The van der Waals surface area contributed by atoms with Gasteiger partial charge in [0.15, 0.2) is 5.69 Å². The largest absolute Gasteiger partial charge is 0.464 e. The number of hydrogen-bond acceptors (Lipinski definition) is 6. The Morgan fingerprint density at radius 2 is 2.35 bits per heavy atom. The lowest BCUT2D eigenvalue weighted by molar-refractivity contribution is -0.131. The van der Waals surface area contributed by atoms with Crippen LogP contribution in [0.15, 0.2) is 12.3 Å². The van der Waals surface area contributed by atoms with Crippen LogP contribution in [0, 0.1) is 6.92 Å². The van der Waals surface area contributed by atoms with E-state index in [0.717, 1.165) is 28.4 Å². The van der Waals surface area contributed by atoms with Crippen molar-refractivity contribution in [3.8, 4) is 0 Å². The summed E-state index contributed by atoms with van der Waals surface area (Å²) >= 11 is 1.46. The summed E-state index contributed by atoms with van der Waals surface area (Å²) in [6.45, 7) is 2.56. The molecule has 1 atom stereocenters. The highest BCUT2D eigenvalue weighted by Gasteiger charge is 2.33. The molecule has 2 aromatic rings. The van der Waals surface area contributed by atoms with E-state index in [1.807, 2.05) is 11.8 Å². The van der Waals surface area contributed by atoms with Gasteiger partial charge in [-0.15, -0.1) is 11.3 Å². The molecule has 1 saturated heterocycles. The number of aromatic nitrogens is 3. The predicted molar refractivity (Wildman–Crippen MR) is 84.2 cm³/mol. The van der Waals surface area contributed by atoms with Gasteiger partial charge < -0.3 is 9.64 Å². The van der Waals surface area contributed by atoms with Gasteiger partial charge in [0.2, 0.25) is 5.91 Å². The van der Waals surface area contributed by atoms with Gasteiger partial charge in [-0.3, -0.25) is 9.89 Å². The van der Waals surface area contributed by atoms with Crippen molar-refractivity contribution in [1.29, 1.82) is 0 Å². The fraction of sp³-hybridized carbons (Fsp3) is 0.467. The third-order valence-corrected chi connectivity index (χ3v) is 5.02. The predicted octanol–water partition coefficient (Wildman–Crippen LogP) is 1.87. The molecular weight excluding hydrogens is 316 g/mol. The summed E-state index contributed by atoms with van der Waals surface area (Å²) < 4.78 is 4.75. The molecule has 2 aromatic heterocycles. The van der Waals surface area contributed by atoms with Crippen molar-refractivity contribution >= 4 is 23.2 Å². The molecule has 1 amide bonds. The summed E-state index contributed by atoms with van der Waals surface area (Å²) in [5.74, 6) is -0.387. The molecule has 0 aliphatic carbocycles. The van der Waals surface area contributed by atoms with E-state index in [1.54, 1.807) is 12.3 Å². The monoisotopic (exact) mass is 334 g/mol. The average molecular weight is 334 g/mol. The second-order valence-electron chi connectivity index (χ2n) is 5.45. The minimum atomic E-state index is -0.432. The zero-order chi connectivity index (χ0) is 16.4. The molecule has 0 saturated carbocycles. The fourth-order valence-electron chi connectivity index (χ4n) is 2.82. The number of H-pyrrole nitrogens is 1. The summed E-state index contributed by atoms with van der Waals surface area (Å²) in [4.78, 5) is 31.4. The topological polar surface area (TPSA) is 88.2 Å². The van der Waals surface area contributed by atoms with Crippen molar-refractivity contribution < 1.29 is 14.3 Å². The molecule has 1 aliphatic heterocycles. The van der Waals surface area contributed by atoms with Crippen LogP contribution in [0.1, 0.15) is 45.0 Å². The van der Waals surface area contributed by atoms with Crippen LogP contribution in [0.4, 0.5) is 0 Å². The van der Waals surface area contributed by atoms with E-state index >= 15 is 0 Å². The van der Waals surface area contributed by atoms with Crippen molar-refractivity contribution in [2.75, 3.05) is 13.7 Å². The van der Waals surface area contributed by atoms with Crippen LogP contribution < -0.4 is 0 Å². The number of methoxy groups -OCH3 is 1. The van der Waals surface area contributed by atoms with E-state index in [1.165, 1.54) is 18.4 Å². The number of nitrogens with one attached hydrogen (secondary N) is 1. The number of nitrogens with zero attached hydrogens (tertiary/aromatic N) is 3. The Hall–Kier alpha value is -2.22. The third kappa shape index (κ3) is 3.12. The first kappa shape index (κ1) is 15.7. The van der Waals surface area contributed by atoms with Crippen molar-refractivity contribution in [3.05, 3.63) is 33.5 Å². The Bertz CT molecular complexity index is 710. The molecule has 23 heavy (non-hydrogen) atoms. The normalized spacial score (nSPS) is 17.5. The molecule has 0 radical (unpaired) electrons. The van der Waals surface area contributed by atoms with E-state index in [2.05, 4.69) is 15.2 Å². The Labute approximate surface area is 137 Å². The van der Waals surface area contributed by atoms with E-state index in [-0.39, 0.29) is 11.9 Å². The summed E-state index contributed by atoms with van der Waals surface area (Å²) in [7, 11) is 1.34. The molecule has 0 bridgehead atoms. The Kier molecular flexibility index (Phi) is 4.42. The summed E-state index contributed by atoms with van der Waals surface area (Å²) in [5, 5.41) is 7.48. The lowest BCUT2D eigenvalue weighted by Gasteiger charge is -2.22. The SMILES string of the molecule is COC(=O)c1nc(C2CCCN2C(=O)Cc2ccn[nH]2)sc1C. The number of hydrogen-bond donors (Lipinski definition) is 1. The van der Waals surface area contributed by atoms with Crippen LogP contribution in [0.5, 0.6) is 0 Å². The maximum Gasteiger partial charge on any atom is 0.357 e. The highest BCUT2D eigenvalue weighted by atomic mass is 32.1. The number of aryl methyl sites for hydroxylation is 1. The van der Waals surface area contributed by atoms with Gasteiger partial charge in [0, 0.05) is 23.3 Å². The van der Waals surface area contributed by atoms with Gasteiger partial charge in [-0.1, -0.05) is 0 Å². The van der Waals surface area contributed by atoms with Crippen molar-refractivity contribution in [2.24, 2.45) is 0 Å². The minimum Gasteiger partial charge on any atom is -0.464 e. The molecule has 3 rings (SSSR count). The zero-order valence-corrected chi connectivity index (χ0v) is 13.9. The zero-order valence-electron chi connectivity index (χ0n) is 13.0. The Morgan fingerprint density at radius 1 is 1.52 bits per heavy atom. The lowest BCUT2D eigenvalue weighted by atomic mass is 10.2. The van der Waals surface area contributed by atoms with E-state index < -0.39 is 5.97 Å². The number of aromatic amines is 1. The Morgan fingerprint density at radius 3 is 3.04 bits per heavy atom. The van der Waals surface area contributed by atoms with Crippen LogP contribution in [-0.4, -0.2) is 45.6 Å². The van der Waals surface area contributed by atoms with Gasteiger partial charge >= 0.3 is 5.97 Å². The lowest BCUT2D eigenvalue weighted by Crippen LogP contribution is -2.32. The first-order valence-corrected chi connectivity index (χ1v) is 8.25. The summed E-state index contributed by atoms with van der Waals surface area (Å²) in [6, 6.07) is 1.74. The van der Waals surface area contributed by atoms with Crippen molar-refractivity contribution in [3.63, 3.8) is 0 Å². The van der Waals surface area contributed by atoms with Gasteiger partial charge in [0.1, 0.15) is 5.01 Å². The number of esters is 1. The first-order valence-electron chi connectivity index (χ1n) is 7.43. The summed E-state index contributed by atoms with van der Waals surface area (Å²) in [6.07, 6.45) is 3.73. The van der Waals surface area contributed by atoms with Gasteiger partial charge in [-0.05, 0) is 25.8 Å². The van der Waals surface area contributed by atoms with Crippen LogP contribution >= 0.6 is 11.3 Å². The molecule has 1 unspecified atom stereocenters. The number of likely N-dealkylation sites (tertiary alicyclic amines) is 1. The number of rotatable bonds is 4. The van der Waals surface area contributed by atoms with Crippen molar-refractivity contribution in [2.45, 2.75) is 32.2 Å². The van der Waals surface area contributed by atoms with Gasteiger partial charge in [0.25, 0.3) is 0 Å². The number of carbonyl (C=O) groups excluding carboxylic acids is 2. The highest BCUT2D eigenvalue weighted by molar-refractivity contribution is 7.12. The fourth-order valence-corrected chi connectivity index (χ4v) is 3.87. The molecular formula is C15H18N4O3S. The highest BCUT2D eigenvalue weighted by Crippen LogP contribution is 2.35. The number of ether oxygens (including phenoxy) is 1. The molecule has 0 aromatic carbocycles. The second kappa shape index (κ2) is 6.49. The Balaban J connectivity index is 1.79. The number of amides is 1. The smallest absolute Gasteiger partial charge is 0.357 e. The molecule has 1 N–H and O–H groups in total. The standard InChI is InChI=1S/C15H18N4O3S/c1-9-13(15(21)22-2)17-14(23-9)11-4-3-7-19(11)12(20)8-10-5-6-16-18-10/h5-6,11H,3-4,7-8H2,1-2H3,(H,16,18). The van der Waals surface area contributed by atoms with Crippen LogP contribution in [0.25, 0.3) is 0 Å². The van der Waals surface area contributed by atoms with Crippen LogP contribution in [-0.2, 0) is 16.0 Å². The van der Waals surface area contributed by atoms with Gasteiger partial charge in [0.05, 0.1) is 19.6 Å². The molecule has 122 valence electrons. The first-order chi connectivity index (χ1) is 11.1. The number of thiazole rings is 1. The van der Waals surface area contributed by atoms with E-state index in [4.69, 9.17) is 4.74 Å². The number of carbonyl (C=O) groups is 2. The molecule has 1 fully saturated rings. The van der Waals surface area contributed by atoms with E-state index in [9.17, 15) is 9.59 Å². The van der Waals surface area contributed by atoms with Crippen LogP contribution in [0.2, 0.25) is 0 Å². The molecule has 3 heterocycles.